The van der Waals surface area contributed by atoms with Crippen LogP contribution < -0.4 is 0 Å². The molecule has 8 aromatic carbocycles. The van der Waals surface area contributed by atoms with Crippen molar-refractivity contribution in [3.63, 3.8) is 0 Å². The average molecular weight is 625 g/mol. The first-order valence-corrected chi connectivity index (χ1v) is 16.6. The summed E-state index contributed by atoms with van der Waals surface area (Å²) in [5.41, 5.74) is 10.0. The number of rotatable bonds is 3. The molecule has 1 heterocycles. The molecule has 1 aromatic heterocycles. The van der Waals surface area contributed by atoms with Gasteiger partial charge < -0.3 is 9.52 Å². The van der Waals surface area contributed by atoms with Crippen LogP contribution in [0.5, 0.6) is 5.75 Å². The number of allylic oxidation sites excluding steroid dienone is 1. The second-order valence-corrected chi connectivity index (χ2v) is 12.7. The summed E-state index contributed by atoms with van der Waals surface area (Å²) in [5.74, 6) is 6.80. The SMILES string of the molecule is Oc1c2oc3ccccc3c2cc2c(-c3c4ccccc4c(-c4ccc(-c5ccccc5)cc4)c4ccccc34)cc3c(c12)C#CCC=C3. The number of phenols is 1. The molecule has 0 fully saturated rings. The van der Waals surface area contributed by atoms with E-state index in [9.17, 15) is 5.11 Å². The maximum Gasteiger partial charge on any atom is 0.177 e. The van der Waals surface area contributed by atoms with Crippen molar-refractivity contribution in [2.75, 3.05) is 0 Å². The molecule has 10 rings (SSSR count). The van der Waals surface area contributed by atoms with Crippen LogP contribution in [0.3, 0.4) is 0 Å². The van der Waals surface area contributed by atoms with Crippen molar-refractivity contribution in [3.8, 4) is 51.0 Å². The fraction of sp³-hybridized carbons (Fsp3) is 0.0213. The van der Waals surface area contributed by atoms with Gasteiger partial charge in [-0.1, -0.05) is 145 Å². The van der Waals surface area contributed by atoms with Crippen LogP contribution in [0.15, 0.2) is 150 Å². The van der Waals surface area contributed by atoms with Gasteiger partial charge in [0.15, 0.2) is 11.3 Å². The van der Waals surface area contributed by atoms with Crippen LogP contribution in [-0.2, 0) is 0 Å². The van der Waals surface area contributed by atoms with Gasteiger partial charge in [0.05, 0.1) is 0 Å². The monoisotopic (exact) mass is 624 g/mol. The van der Waals surface area contributed by atoms with Gasteiger partial charge >= 0.3 is 0 Å². The minimum atomic E-state index is 0.134. The van der Waals surface area contributed by atoms with Crippen molar-refractivity contribution in [2.24, 2.45) is 0 Å². The van der Waals surface area contributed by atoms with Gasteiger partial charge in [-0.25, -0.2) is 0 Å². The van der Waals surface area contributed by atoms with E-state index >= 15 is 0 Å². The average Bonchev–Trinajstić information content (AvgIpc) is 3.37. The predicted octanol–water partition coefficient (Wildman–Crippen LogP) is 12.5. The van der Waals surface area contributed by atoms with Gasteiger partial charge in [-0.2, -0.15) is 0 Å². The van der Waals surface area contributed by atoms with E-state index in [1.165, 1.54) is 33.0 Å². The topological polar surface area (TPSA) is 33.4 Å². The Labute approximate surface area is 283 Å². The molecule has 0 amide bonds. The first kappa shape index (κ1) is 27.5. The predicted molar refractivity (Wildman–Crippen MR) is 205 cm³/mol. The molecular formula is C47H28O2. The van der Waals surface area contributed by atoms with E-state index in [0.717, 1.165) is 60.2 Å². The minimum absolute atomic E-state index is 0.134. The Kier molecular flexibility index (Phi) is 6.04. The van der Waals surface area contributed by atoms with Gasteiger partial charge in [0, 0.05) is 28.1 Å². The highest BCUT2D eigenvalue weighted by atomic mass is 16.4. The molecule has 9 aromatic rings. The van der Waals surface area contributed by atoms with Gasteiger partial charge in [-0.15, -0.1) is 0 Å². The molecule has 0 aliphatic heterocycles. The molecule has 0 saturated heterocycles. The van der Waals surface area contributed by atoms with E-state index in [-0.39, 0.29) is 5.75 Å². The highest BCUT2D eigenvalue weighted by molar-refractivity contribution is 6.26. The Morgan fingerprint density at radius 1 is 0.531 bits per heavy atom. The van der Waals surface area contributed by atoms with Crippen LogP contribution in [0.25, 0.3) is 93.7 Å². The maximum absolute atomic E-state index is 12.1. The van der Waals surface area contributed by atoms with Gasteiger partial charge in [-0.3, -0.25) is 0 Å². The summed E-state index contributed by atoms with van der Waals surface area (Å²) in [6, 6.07) is 49.3. The summed E-state index contributed by atoms with van der Waals surface area (Å²) in [7, 11) is 0. The summed E-state index contributed by atoms with van der Waals surface area (Å²) in [6.07, 6.45) is 4.88. The lowest BCUT2D eigenvalue weighted by atomic mass is 9.82. The summed E-state index contributed by atoms with van der Waals surface area (Å²) >= 11 is 0. The van der Waals surface area contributed by atoms with Crippen molar-refractivity contribution in [1.82, 2.24) is 0 Å². The second-order valence-electron chi connectivity index (χ2n) is 12.7. The van der Waals surface area contributed by atoms with Crippen molar-refractivity contribution < 1.29 is 9.52 Å². The smallest absolute Gasteiger partial charge is 0.177 e. The molecule has 0 spiro atoms. The van der Waals surface area contributed by atoms with Gasteiger partial charge in [0.1, 0.15) is 5.58 Å². The quantitative estimate of drug-likeness (QED) is 0.157. The molecule has 0 saturated carbocycles. The van der Waals surface area contributed by atoms with Crippen molar-refractivity contribution in [2.45, 2.75) is 6.42 Å². The molecule has 2 nitrogen and oxygen atoms in total. The molecule has 1 N–H and O–H groups in total. The fourth-order valence-corrected chi connectivity index (χ4v) is 7.80. The third-order valence-electron chi connectivity index (χ3n) is 9.98. The van der Waals surface area contributed by atoms with Gasteiger partial charge in [0.25, 0.3) is 0 Å². The number of phenolic OH excluding ortho intramolecular Hbond substituents is 1. The third-order valence-corrected chi connectivity index (χ3v) is 9.98. The van der Waals surface area contributed by atoms with Crippen molar-refractivity contribution in [3.05, 3.63) is 157 Å². The second kappa shape index (κ2) is 10.7. The Hall–Kier alpha value is -6.56. The van der Waals surface area contributed by atoms with Crippen LogP contribution in [-0.4, -0.2) is 5.11 Å². The third kappa shape index (κ3) is 4.16. The molecule has 0 unspecified atom stereocenters. The fourth-order valence-electron chi connectivity index (χ4n) is 7.80. The lowest BCUT2D eigenvalue weighted by Crippen LogP contribution is -1.95. The number of hydrogen-bond acceptors (Lipinski definition) is 2. The molecule has 0 atom stereocenters. The van der Waals surface area contributed by atoms with E-state index < -0.39 is 0 Å². The van der Waals surface area contributed by atoms with Crippen LogP contribution in [0.4, 0.5) is 0 Å². The molecular weight excluding hydrogens is 597 g/mol. The molecule has 49 heavy (non-hydrogen) atoms. The zero-order valence-electron chi connectivity index (χ0n) is 26.5. The largest absolute Gasteiger partial charge is 0.504 e. The standard InChI is InChI=1S/C47H28O2/c48-46-45-33-16-6-2-5-15-32(33)27-39(40(45)28-41-34-17-11-12-22-42(34)49-47(41)46)44-37-20-9-7-18-35(37)43(36-19-8-10-21-38(36)44)31-25-23-30(24-26-31)29-13-3-1-4-14-29/h1,3-5,7-15,17-28,48H,2H2. The van der Waals surface area contributed by atoms with Crippen LogP contribution >= 0.6 is 0 Å². The number of fused-ring (bicyclic) bond motifs is 8. The van der Waals surface area contributed by atoms with Crippen LogP contribution in [0, 0.1) is 11.8 Å². The number of hydrogen-bond donors (Lipinski definition) is 1. The molecule has 1 aliphatic rings. The molecule has 1 aliphatic carbocycles. The number of furan rings is 1. The Balaban J connectivity index is 1.33. The summed E-state index contributed by atoms with van der Waals surface area (Å²) in [5, 5.41) is 20.3. The zero-order chi connectivity index (χ0) is 32.5. The zero-order valence-corrected chi connectivity index (χ0v) is 26.5. The molecule has 228 valence electrons. The van der Waals surface area contributed by atoms with Gasteiger partial charge in [0.2, 0.25) is 0 Å². The minimum Gasteiger partial charge on any atom is -0.504 e. The lowest BCUT2D eigenvalue weighted by molar-refractivity contribution is 0.475. The van der Waals surface area contributed by atoms with Crippen LogP contribution in [0.1, 0.15) is 17.5 Å². The maximum atomic E-state index is 12.1. The summed E-state index contributed by atoms with van der Waals surface area (Å²) < 4.78 is 6.28. The number of aromatic hydroxyl groups is 1. The van der Waals surface area contributed by atoms with E-state index in [2.05, 4.69) is 145 Å². The lowest BCUT2D eigenvalue weighted by Gasteiger charge is -2.20. The summed E-state index contributed by atoms with van der Waals surface area (Å²) in [4.78, 5) is 0. The Bertz CT molecular complexity index is 2840. The number of para-hydroxylation sites is 1. The van der Waals surface area contributed by atoms with Crippen molar-refractivity contribution in [1.29, 1.82) is 0 Å². The Morgan fingerprint density at radius 3 is 1.84 bits per heavy atom. The van der Waals surface area contributed by atoms with E-state index in [1.807, 2.05) is 18.2 Å². The highest BCUT2D eigenvalue weighted by Crippen LogP contribution is 2.50. The Morgan fingerprint density at radius 2 is 1.12 bits per heavy atom. The van der Waals surface area contributed by atoms with Gasteiger partial charge in [-0.05, 0) is 84.1 Å². The first-order chi connectivity index (χ1) is 24.2. The van der Waals surface area contributed by atoms with Crippen molar-refractivity contribution >= 4 is 60.3 Å². The molecule has 2 heteroatoms. The first-order valence-electron chi connectivity index (χ1n) is 16.6. The highest BCUT2D eigenvalue weighted by Gasteiger charge is 2.24. The number of benzene rings is 8. The molecule has 0 bridgehead atoms. The summed E-state index contributed by atoms with van der Waals surface area (Å²) in [6.45, 7) is 0. The molecule has 0 radical (unpaired) electrons. The van der Waals surface area contributed by atoms with E-state index in [4.69, 9.17) is 4.42 Å². The normalized spacial score (nSPS) is 12.4. The van der Waals surface area contributed by atoms with Crippen LogP contribution in [0.2, 0.25) is 0 Å². The van der Waals surface area contributed by atoms with E-state index in [0.29, 0.717) is 12.0 Å². The van der Waals surface area contributed by atoms with E-state index in [1.54, 1.807) is 0 Å².